The van der Waals surface area contributed by atoms with Crippen molar-refractivity contribution >= 4 is 5.69 Å². The minimum Gasteiger partial charge on any atom is -0.487 e. The Morgan fingerprint density at radius 3 is 2.79 bits per heavy atom. The topological polar surface area (TPSA) is 78.4 Å². The van der Waals surface area contributed by atoms with E-state index in [2.05, 4.69) is 0 Å². The van der Waals surface area contributed by atoms with Gasteiger partial charge in [-0.05, 0) is 6.92 Å². The Kier molecular flexibility index (Phi) is 3.41. The highest BCUT2D eigenvalue weighted by Gasteiger charge is 2.17. The van der Waals surface area contributed by atoms with Crippen molar-refractivity contribution in [3.05, 3.63) is 33.9 Å². The van der Waals surface area contributed by atoms with E-state index in [4.69, 9.17) is 10.5 Å². The summed E-state index contributed by atoms with van der Waals surface area (Å²) in [5.74, 6) is 0.280. The summed E-state index contributed by atoms with van der Waals surface area (Å²) in [5.41, 5.74) is 6.07. The van der Waals surface area contributed by atoms with E-state index in [-0.39, 0.29) is 18.0 Å². The zero-order valence-corrected chi connectivity index (χ0v) is 7.90. The molecule has 14 heavy (non-hydrogen) atoms. The first kappa shape index (κ1) is 10.5. The molecule has 0 aliphatic rings. The average molecular weight is 196 g/mol. The molecule has 5 nitrogen and oxygen atoms in total. The first-order valence-electron chi connectivity index (χ1n) is 4.29. The molecule has 0 fully saturated rings. The van der Waals surface area contributed by atoms with Gasteiger partial charge in [0.25, 0.3) is 0 Å². The van der Waals surface area contributed by atoms with Crippen LogP contribution in [-0.2, 0) is 6.54 Å². The molecule has 0 amide bonds. The number of rotatable bonds is 4. The third-order valence-corrected chi connectivity index (χ3v) is 1.78. The van der Waals surface area contributed by atoms with Crippen LogP contribution >= 0.6 is 0 Å². The third-order valence-electron chi connectivity index (χ3n) is 1.78. The molecule has 0 bridgehead atoms. The molecule has 0 aliphatic heterocycles. The van der Waals surface area contributed by atoms with Crippen molar-refractivity contribution in [2.75, 3.05) is 6.61 Å². The number of ether oxygens (including phenoxy) is 1. The van der Waals surface area contributed by atoms with Crippen molar-refractivity contribution in [2.24, 2.45) is 5.73 Å². The Morgan fingerprint density at radius 1 is 1.57 bits per heavy atom. The Balaban J connectivity index is 3.20. The van der Waals surface area contributed by atoms with Crippen LogP contribution in [0.2, 0.25) is 0 Å². The summed E-state index contributed by atoms with van der Waals surface area (Å²) in [4.78, 5) is 10.2. The molecule has 5 heteroatoms. The Bertz CT molecular complexity index is 339. The molecule has 0 saturated carbocycles. The fourth-order valence-electron chi connectivity index (χ4n) is 1.19. The minimum absolute atomic E-state index is 0.0326. The fourth-order valence-corrected chi connectivity index (χ4v) is 1.19. The summed E-state index contributed by atoms with van der Waals surface area (Å²) in [6, 6.07) is 4.73. The van der Waals surface area contributed by atoms with Gasteiger partial charge in [-0.15, -0.1) is 0 Å². The van der Waals surface area contributed by atoms with Crippen LogP contribution in [0.1, 0.15) is 12.5 Å². The number of benzene rings is 1. The number of nitro groups is 1. The highest BCUT2D eigenvalue weighted by molar-refractivity contribution is 5.51. The smallest absolute Gasteiger partial charge is 0.311 e. The summed E-state index contributed by atoms with van der Waals surface area (Å²) in [5, 5.41) is 10.6. The molecule has 0 aromatic heterocycles. The van der Waals surface area contributed by atoms with Crippen molar-refractivity contribution in [3.63, 3.8) is 0 Å². The number of nitrogens with two attached hydrogens (primary N) is 1. The normalized spacial score (nSPS) is 9.86. The van der Waals surface area contributed by atoms with Crippen LogP contribution in [-0.4, -0.2) is 11.5 Å². The summed E-state index contributed by atoms with van der Waals surface area (Å²) in [7, 11) is 0. The molecule has 2 N–H and O–H groups in total. The van der Waals surface area contributed by atoms with Crippen LogP contribution in [0.5, 0.6) is 5.75 Å². The van der Waals surface area contributed by atoms with E-state index in [0.717, 1.165) is 0 Å². The number of nitrogens with zero attached hydrogens (tertiary/aromatic N) is 1. The first-order valence-corrected chi connectivity index (χ1v) is 4.29. The predicted molar refractivity (Wildman–Crippen MR) is 52.2 cm³/mol. The standard InChI is InChI=1S/C9H12N2O3/c1-2-14-9-7(6-10)4-3-5-8(9)11(12)13/h3-5H,2,6,10H2,1H3. The van der Waals surface area contributed by atoms with Gasteiger partial charge >= 0.3 is 5.69 Å². The predicted octanol–water partition coefficient (Wildman–Crippen LogP) is 1.45. The zero-order valence-electron chi connectivity index (χ0n) is 7.90. The van der Waals surface area contributed by atoms with Gasteiger partial charge in [0.05, 0.1) is 11.5 Å². The zero-order chi connectivity index (χ0) is 10.6. The number of nitro benzene ring substituents is 1. The molecule has 1 aromatic carbocycles. The van der Waals surface area contributed by atoms with Gasteiger partial charge in [0.15, 0.2) is 0 Å². The van der Waals surface area contributed by atoms with Gasteiger partial charge in [-0.1, -0.05) is 12.1 Å². The van der Waals surface area contributed by atoms with Gasteiger partial charge in [0, 0.05) is 18.2 Å². The van der Waals surface area contributed by atoms with E-state index in [9.17, 15) is 10.1 Å². The molecular weight excluding hydrogens is 184 g/mol. The molecule has 76 valence electrons. The molecular formula is C9H12N2O3. The second-order valence-electron chi connectivity index (χ2n) is 2.66. The van der Waals surface area contributed by atoms with Crippen LogP contribution < -0.4 is 10.5 Å². The Hall–Kier alpha value is -1.62. The van der Waals surface area contributed by atoms with E-state index in [1.54, 1.807) is 19.1 Å². The molecule has 0 spiro atoms. The van der Waals surface area contributed by atoms with Crippen molar-refractivity contribution in [1.82, 2.24) is 0 Å². The van der Waals surface area contributed by atoms with Crippen molar-refractivity contribution in [2.45, 2.75) is 13.5 Å². The molecule has 0 radical (unpaired) electrons. The monoisotopic (exact) mass is 196 g/mol. The molecule has 1 rings (SSSR count). The van der Waals surface area contributed by atoms with Crippen LogP contribution in [0.15, 0.2) is 18.2 Å². The second kappa shape index (κ2) is 4.57. The van der Waals surface area contributed by atoms with Crippen LogP contribution in [0.25, 0.3) is 0 Å². The van der Waals surface area contributed by atoms with Crippen molar-refractivity contribution in [1.29, 1.82) is 0 Å². The lowest BCUT2D eigenvalue weighted by Crippen LogP contribution is -2.04. The SMILES string of the molecule is CCOc1c(CN)cccc1[N+](=O)[O-]. The lowest BCUT2D eigenvalue weighted by Gasteiger charge is -2.08. The van der Waals surface area contributed by atoms with Gasteiger partial charge < -0.3 is 10.5 Å². The summed E-state index contributed by atoms with van der Waals surface area (Å²) >= 11 is 0. The summed E-state index contributed by atoms with van der Waals surface area (Å²) in [6.07, 6.45) is 0. The van der Waals surface area contributed by atoms with Crippen LogP contribution in [0.4, 0.5) is 5.69 Å². The molecule has 0 atom stereocenters. The van der Waals surface area contributed by atoms with Gasteiger partial charge in [-0.2, -0.15) is 0 Å². The van der Waals surface area contributed by atoms with E-state index in [0.29, 0.717) is 12.2 Å². The lowest BCUT2D eigenvalue weighted by atomic mass is 10.2. The van der Waals surface area contributed by atoms with E-state index in [1.165, 1.54) is 6.07 Å². The Labute approximate surface area is 81.6 Å². The van der Waals surface area contributed by atoms with E-state index in [1.807, 2.05) is 0 Å². The van der Waals surface area contributed by atoms with Crippen LogP contribution in [0, 0.1) is 10.1 Å². The Morgan fingerprint density at radius 2 is 2.29 bits per heavy atom. The maximum atomic E-state index is 10.6. The second-order valence-corrected chi connectivity index (χ2v) is 2.66. The van der Waals surface area contributed by atoms with E-state index < -0.39 is 4.92 Å². The molecule has 0 heterocycles. The van der Waals surface area contributed by atoms with Crippen LogP contribution in [0.3, 0.4) is 0 Å². The highest BCUT2D eigenvalue weighted by Crippen LogP contribution is 2.30. The molecule has 0 aliphatic carbocycles. The van der Waals surface area contributed by atoms with Crippen molar-refractivity contribution in [3.8, 4) is 5.75 Å². The quantitative estimate of drug-likeness (QED) is 0.584. The van der Waals surface area contributed by atoms with Gasteiger partial charge in [-0.3, -0.25) is 10.1 Å². The maximum absolute atomic E-state index is 10.6. The molecule has 1 aromatic rings. The van der Waals surface area contributed by atoms with Gasteiger partial charge in [0.2, 0.25) is 5.75 Å². The third kappa shape index (κ3) is 2.00. The van der Waals surface area contributed by atoms with Gasteiger partial charge in [-0.25, -0.2) is 0 Å². The fraction of sp³-hybridized carbons (Fsp3) is 0.333. The van der Waals surface area contributed by atoms with E-state index >= 15 is 0 Å². The summed E-state index contributed by atoms with van der Waals surface area (Å²) in [6.45, 7) is 2.39. The summed E-state index contributed by atoms with van der Waals surface area (Å²) < 4.78 is 5.20. The van der Waals surface area contributed by atoms with Gasteiger partial charge in [0.1, 0.15) is 0 Å². The largest absolute Gasteiger partial charge is 0.487 e. The number of para-hydroxylation sites is 1. The number of hydrogen-bond acceptors (Lipinski definition) is 4. The lowest BCUT2D eigenvalue weighted by molar-refractivity contribution is -0.385. The maximum Gasteiger partial charge on any atom is 0.311 e. The highest BCUT2D eigenvalue weighted by atomic mass is 16.6. The van der Waals surface area contributed by atoms with Crippen molar-refractivity contribution < 1.29 is 9.66 Å². The first-order chi connectivity index (χ1) is 6.70. The molecule has 0 saturated heterocycles. The average Bonchev–Trinajstić information content (AvgIpc) is 2.18. The number of hydrogen-bond donors (Lipinski definition) is 1. The molecule has 0 unspecified atom stereocenters. The minimum atomic E-state index is -0.468.